The zero-order chi connectivity index (χ0) is 9.14. The molecule has 1 N–H and O–H groups in total. The minimum atomic E-state index is 0.684. The second-order valence-electron chi connectivity index (χ2n) is 3.09. The average molecular weight is 181 g/mol. The number of nitrogens with one attached hydrogen (secondary N) is 1. The largest absolute Gasteiger partial charge is 0.376 e. The molecule has 0 amide bonds. The fourth-order valence-electron chi connectivity index (χ4n) is 1.24. The number of aryl methyl sites for hydroxylation is 3. The number of hydrogen-bond donors (Lipinski definition) is 2. The van der Waals surface area contributed by atoms with Gasteiger partial charge in [-0.2, -0.15) is 12.6 Å². The quantitative estimate of drug-likeness (QED) is 0.528. The molecule has 0 saturated carbocycles. The standard InChI is InChI=1S/C10H15NS/c1-7-4-9(3)10(11-6-12)5-8(7)2/h4-5,11-12H,6H2,1-3H3. The molecule has 0 spiro atoms. The topological polar surface area (TPSA) is 12.0 Å². The molecule has 0 atom stereocenters. The molecule has 66 valence electrons. The summed E-state index contributed by atoms with van der Waals surface area (Å²) < 4.78 is 0. The summed E-state index contributed by atoms with van der Waals surface area (Å²) in [6, 6.07) is 4.36. The zero-order valence-electron chi connectivity index (χ0n) is 7.81. The van der Waals surface area contributed by atoms with Crippen LogP contribution in [0.4, 0.5) is 5.69 Å². The Balaban J connectivity index is 3.05. The highest BCUT2D eigenvalue weighted by atomic mass is 32.1. The van der Waals surface area contributed by atoms with Crippen molar-refractivity contribution in [3.05, 3.63) is 28.8 Å². The lowest BCUT2D eigenvalue weighted by Crippen LogP contribution is -1.98. The van der Waals surface area contributed by atoms with E-state index < -0.39 is 0 Å². The van der Waals surface area contributed by atoms with E-state index in [1.807, 2.05) is 0 Å². The van der Waals surface area contributed by atoms with Crippen molar-refractivity contribution in [1.29, 1.82) is 0 Å². The van der Waals surface area contributed by atoms with Crippen molar-refractivity contribution in [3.63, 3.8) is 0 Å². The molecule has 0 aliphatic rings. The monoisotopic (exact) mass is 181 g/mol. The van der Waals surface area contributed by atoms with Gasteiger partial charge in [0.15, 0.2) is 0 Å². The number of thiol groups is 1. The molecule has 1 rings (SSSR count). The summed E-state index contributed by atoms with van der Waals surface area (Å²) in [6.45, 7) is 6.36. The minimum absolute atomic E-state index is 0.684. The second kappa shape index (κ2) is 3.85. The molecule has 2 heteroatoms. The Morgan fingerprint density at radius 3 is 2.25 bits per heavy atom. The van der Waals surface area contributed by atoms with Crippen molar-refractivity contribution in [3.8, 4) is 0 Å². The number of hydrogen-bond acceptors (Lipinski definition) is 2. The molecular weight excluding hydrogens is 166 g/mol. The molecule has 1 aromatic rings. The first kappa shape index (κ1) is 9.46. The third-order valence-electron chi connectivity index (χ3n) is 2.11. The summed E-state index contributed by atoms with van der Waals surface area (Å²) in [4.78, 5) is 0. The van der Waals surface area contributed by atoms with Crippen molar-refractivity contribution in [1.82, 2.24) is 0 Å². The SMILES string of the molecule is Cc1cc(C)c(NCS)cc1C. The first-order chi connectivity index (χ1) is 5.65. The highest BCUT2D eigenvalue weighted by molar-refractivity contribution is 7.80. The lowest BCUT2D eigenvalue weighted by molar-refractivity contribution is 1.28. The average Bonchev–Trinajstić information content (AvgIpc) is 2.01. The Hall–Kier alpha value is -0.630. The summed E-state index contributed by atoms with van der Waals surface area (Å²) in [7, 11) is 0. The maximum Gasteiger partial charge on any atom is 0.0581 e. The molecule has 0 heterocycles. The molecule has 0 fully saturated rings. The number of anilines is 1. The van der Waals surface area contributed by atoms with E-state index in [2.05, 4.69) is 50.8 Å². The van der Waals surface area contributed by atoms with E-state index in [0.717, 1.165) is 0 Å². The van der Waals surface area contributed by atoms with E-state index in [0.29, 0.717) is 5.88 Å². The Kier molecular flexibility index (Phi) is 3.04. The molecule has 0 aromatic heterocycles. The molecule has 0 aliphatic carbocycles. The van der Waals surface area contributed by atoms with Crippen LogP contribution >= 0.6 is 12.6 Å². The van der Waals surface area contributed by atoms with Crippen LogP contribution < -0.4 is 5.32 Å². The zero-order valence-corrected chi connectivity index (χ0v) is 8.70. The Morgan fingerprint density at radius 1 is 1.08 bits per heavy atom. The van der Waals surface area contributed by atoms with E-state index >= 15 is 0 Å². The summed E-state index contributed by atoms with van der Waals surface area (Å²) in [5, 5.41) is 3.21. The third kappa shape index (κ3) is 1.95. The summed E-state index contributed by atoms with van der Waals surface area (Å²) in [6.07, 6.45) is 0. The van der Waals surface area contributed by atoms with Gasteiger partial charge in [-0.1, -0.05) is 6.07 Å². The third-order valence-corrected chi connectivity index (χ3v) is 2.27. The van der Waals surface area contributed by atoms with E-state index in [4.69, 9.17) is 0 Å². The van der Waals surface area contributed by atoms with Gasteiger partial charge < -0.3 is 5.32 Å². The highest BCUT2D eigenvalue weighted by Gasteiger charge is 1.99. The fraction of sp³-hybridized carbons (Fsp3) is 0.400. The van der Waals surface area contributed by atoms with Gasteiger partial charge in [0.1, 0.15) is 0 Å². The van der Waals surface area contributed by atoms with Gasteiger partial charge in [-0.3, -0.25) is 0 Å². The predicted octanol–water partition coefficient (Wildman–Crippen LogP) is 2.91. The van der Waals surface area contributed by atoms with Gasteiger partial charge >= 0.3 is 0 Å². The van der Waals surface area contributed by atoms with Crippen LogP contribution in [0.3, 0.4) is 0 Å². The number of rotatable bonds is 2. The van der Waals surface area contributed by atoms with Crippen LogP contribution in [0.1, 0.15) is 16.7 Å². The van der Waals surface area contributed by atoms with E-state index in [9.17, 15) is 0 Å². The van der Waals surface area contributed by atoms with Crippen molar-refractivity contribution in [2.24, 2.45) is 0 Å². The number of benzene rings is 1. The van der Waals surface area contributed by atoms with Crippen LogP contribution in [-0.4, -0.2) is 5.88 Å². The maximum absolute atomic E-state index is 4.13. The summed E-state index contributed by atoms with van der Waals surface area (Å²) in [5.74, 6) is 0.684. The van der Waals surface area contributed by atoms with Crippen LogP contribution in [0.15, 0.2) is 12.1 Å². The molecule has 0 unspecified atom stereocenters. The van der Waals surface area contributed by atoms with Gasteiger partial charge in [0.05, 0.1) is 5.88 Å². The molecule has 1 aromatic carbocycles. The summed E-state index contributed by atoms with van der Waals surface area (Å²) >= 11 is 4.13. The van der Waals surface area contributed by atoms with Crippen molar-refractivity contribution in [2.75, 3.05) is 11.2 Å². The van der Waals surface area contributed by atoms with Gasteiger partial charge in [-0.25, -0.2) is 0 Å². The van der Waals surface area contributed by atoms with Crippen LogP contribution in [0.5, 0.6) is 0 Å². The predicted molar refractivity (Wildman–Crippen MR) is 58.1 cm³/mol. The lowest BCUT2D eigenvalue weighted by Gasteiger charge is -2.09. The van der Waals surface area contributed by atoms with Crippen LogP contribution in [0.2, 0.25) is 0 Å². The molecule has 0 radical (unpaired) electrons. The van der Waals surface area contributed by atoms with Crippen LogP contribution in [-0.2, 0) is 0 Å². The highest BCUT2D eigenvalue weighted by Crippen LogP contribution is 2.19. The van der Waals surface area contributed by atoms with Crippen molar-refractivity contribution < 1.29 is 0 Å². The molecule has 12 heavy (non-hydrogen) atoms. The first-order valence-corrected chi connectivity index (χ1v) is 4.71. The Labute approximate surface area is 79.6 Å². The van der Waals surface area contributed by atoms with Crippen LogP contribution in [0, 0.1) is 20.8 Å². The molecule has 0 bridgehead atoms. The van der Waals surface area contributed by atoms with Gasteiger partial charge in [0, 0.05) is 5.69 Å². The lowest BCUT2D eigenvalue weighted by atomic mass is 10.1. The Morgan fingerprint density at radius 2 is 1.67 bits per heavy atom. The van der Waals surface area contributed by atoms with E-state index in [-0.39, 0.29) is 0 Å². The van der Waals surface area contributed by atoms with Crippen molar-refractivity contribution in [2.45, 2.75) is 20.8 Å². The normalized spacial score (nSPS) is 10.0. The van der Waals surface area contributed by atoms with E-state index in [1.165, 1.54) is 22.4 Å². The maximum atomic E-state index is 4.13. The van der Waals surface area contributed by atoms with Gasteiger partial charge in [-0.05, 0) is 43.5 Å². The smallest absolute Gasteiger partial charge is 0.0581 e. The first-order valence-electron chi connectivity index (χ1n) is 4.07. The van der Waals surface area contributed by atoms with Gasteiger partial charge in [-0.15, -0.1) is 0 Å². The minimum Gasteiger partial charge on any atom is -0.376 e. The van der Waals surface area contributed by atoms with Crippen molar-refractivity contribution >= 4 is 18.3 Å². The fourth-order valence-corrected chi connectivity index (χ4v) is 1.41. The van der Waals surface area contributed by atoms with Gasteiger partial charge in [0.2, 0.25) is 0 Å². The molecule has 0 saturated heterocycles. The second-order valence-corrected chi connectivity index (χ2v) is 3.40. The van der Waals surface area contributed by atoms with E-state index in [1.54, 1.807) is 0 Å². The summed E-state index contributed by atoms with van der Waals surface area (Å²) in [5.41, 5.74) is 5.14. The van der Waals surface area contributed by atoms with Gasteiger partial charge in [0.25, 0.3) is 0 Å². The van der Waals surface area contributed by atoms with Crippen LogP contribution in [0.25, 0.3) is 0 Å². The Bertz CT molecular complexity index is 281. The molecule has 1 nitrogen and oxygen atoms in total. The molecular formula is C10H15NS. The molecule has 0 aliphatic heterocycles.